The van der Waals surface area contributed by atoms with Gasteiger partial charge in [0.05, 0.1) is 17.6 Å². The molecule has 0 aromatic heterocycles. The van der Waals surface area contributed by atoms with Crippen LogP contribution in [0, 0.1) is 5.41 Å². The Morgan fingerprint density at radius 1 is 1.45 bits per heavy atom. The third-order valence-electron chi connectivity index (χ3n) is 3.63. The van der Waals surface area contributed by atoms with Crippen LogP contribution in [0.25, 0.3) is 0 Å². The Hall–Kier alpha value is -1.12. The van der Waals surface area contributed by atoms with Crippen molar-refractivity contribution in [2.45, 2.75) is 12.6 Å². The predicted octanol–water partition coefficient (Wildman–Crippen LogP) is 3.03. The lowest BCUT2D eigenvalue weighted by molar-refractivity contribution is -0.137. The topological polar surface area (TPSA) is 50.4 Å². The van der Waals surface area contributed by atoms with Gasteiger partial charge in [0.2, 0.25) is 5.91 Å². The molecule has 2 rings (SSSR count). The lowest BCUT2D eigenvalue weighted by Crippen LogP contribution is -2.41. The third kappa shape index (κ3) is 3.80. The highest BCUT2D eigenvalue weighted by Crippen LogP contribution is 2.34. The Balaban J connectivity index is 2.23. The first-order valence-corrected chi connectivity index (χ1v) is 7.45. The number of halogens is 4. The SMILES string of the molecule is COCC1(C(=O)Nc2cc(Br)cc(C(F)(F)F)c2)CCNC1. The molecule has 1 unspecified atom stereocenters. The Morgan fingerprint density at radius 2 is 2.18 bits per heavy atom. The molecule has 0 aliphatic carbocycles. The number of amides is 1. The predicted molar refractivity (Wildman–Crippen MR) is 79.6 cm³/mol. The zero-order chi connectivity index (χ0) is 16.4. The summed E-state index contributed by atoms with van der Waals surface area (Å²) in [5.41, 5.74) is -1.47. The standard InChI is InChI=1S/C14H16BrF3N2O2/c1-22-8-13(2-3-19-7-13)12(21)20-11-5-9(14(16,17)18)4-10(15)6-11/h4-6,19H,2-3,7-8H2,1H3,(H,20,21). The van der Waals surface area contributed by atoms with Gasteiger partial charge in [-0.2, -0.15) is 13.2 Å². The first-order chi connectivity index (χ1) is 10.3. The summed E-state index contributed by atoms with van der Waals surface area (Å²) >= 11 is 3.03. The molecule has 1 fully saturated rings. The van der Waals surface area contributed by atoms with Crippen molar-refractivity contribution in [2.24, 2.45) is 5.41 Å². The van der Waals surface area contributed by atoms with E-state index in [-0.39, 0.29) is 22.7 Å². The van der Waals surface area contributed by atoms with E-state index in [9.17, 15) is 18.0 Å². The molecule has 22 heavy (non-hydrogen) atoms. The highest BCUT2D eigenvalue weighted by Gasteiger charge is 2.41. The van der Waals surface area contributed by atoms with Gasteiger partial charge in [-0.05, 0) is 31.2 Å². The highest BCUT2D eigenvalue weighted by molar-refractivity contribution is 9.10. The van der Waals surface area contributed by atoms with E-state index in [1.165, 1.54) is 13.2 Å². The minimum absolute atomic E-state index is 0.106. The van der Waals surface area contributed by atoms with Crippen LogP contribution < -0.4 is 10.6 Å². The van der Waals surface area contributed by atoms with Crippen molar-refractivity contribution < 1.29 is 22.7 Å². The highest BCUT2D eigenvalue weighted by atomic mass is 79.9. The van der Waals surface area contributed by atoms with Crippen LogP contribution in [0.3, 0.4) is 0 Å². The van der Waals surface area contributed by atoms with Crippen molar-refractivity contribution >= 4 is 27.5 Å². The number of hydrogen-bond donors (Lipinski definition) is 2. The van der Waals surface area contributed by atoms with Crippen molar-refractivity contribution in [1.82, 2.24) is 5.32 Å². The molecule has 1 saturated heterocycles. The fourth-order valence-corrected chi connectivity index (χ4v) is 2.98. The quantitative estimate of drug-likeness (QED) is 0.843. The third-order valence-corrected chi connectivity index (χ3v) is 4.09. The summed E-state index contributed by atoms with van der Waals surface area (Å²) in [6, 6.07) is 3.33. The molecule has 1 atom stereocenters. The number of benzene rings is 1. The molecular formula is C14H16BrF3N2O2. The fraction of sp³-hybridized carbons (Fsp3) is 0.500. The van der Waals surface area contributed by atoms with Crippen LogP contribution in [0.1, 0.15) is 12.0 Å². The van der Waals surface area contributed by atoms with Gasteiger partial charge in [0, 0.05) is 23.8 Å². The van der Waals surface area contributed by atoms with E-state index in [0.717, 1.165) is 12.1 Å². The number of carbonyl (C=O) groups excluding carboxylic acids is 1. The van der Waals surface area contributed by atoms with Gasteiger partial charge in [-0.3, -0.25) is 4.79 Å². The van der Waals surface area contributed by atoms with Crippen LogP contribution in [0.4, 0.5) is 18.9 Å². The van der Waals surface area contributed by atoms with E-state index in [4.69, 9.17) is 4.74 Å². The minimum atomic E-state index is -4.47. The van der Waals surface area contributed by atoms with Gasteiger partial charge in [0.15, 0.2) is 0 Å². The zero-order valence-corrected chi connectivity index (χ0v) is 13.5. The number of rotatable bonds is 4. The summed E-state index contributed by atoms with van der Waals surface area (Å²) in [6.07, 6.45) is -3.89. The van der Waals surface area contributed by atoms with E-state index < -0.39 is 17.2 Å². The van der Waals surface area contributed by atoms with E-state index in [0.29, 0.717) is 19.5 Å². The van der Waals surface area contributed by atoms with Crippen LogP contribution in [0.2, 0.25) is 0 Å². The van der Waals surface area contributed by atoms with E-state index in [2.05, 4.69) is 26.6 Å². The maximum Gasteiger partial charge on any atom is 0.416 e. The summed E-state index contributed by atoms with van der Waals surface area (Å²) in [6.45, 7) is 1.32. The summed E-state index contributed by atoms with van der Waals surface area (Å²) in [5, 5.41) is 5.66. The molecule has 4 nitrogen and oxygen atoms in total. The van der Waals surface area contributed by atoms with E-state index in [1.807, 2.05) is 0 Å². The van der Waals surface area contributed by atoms with Crippen molar-refractivity contribution in [3.05, 3.63) is 28.2 Å². The van der Waals surface area contributed by atoms with Crippen LogP contribution in [-0.4, -0.2) is 32.7 Å². The van der Waals surface area contributed by atoms with Crippen LogP contribution in [-0.2, 0) is 15.7 Å². The zero-order valence-electron chi connectivity index (χ0n) is 11.9. The molecule has 1 aromatic carbocycles. The number of alkyl halides is 3. The summed E-state index contributed by atoms with van der Waals surface area (Å²) in [5.74, 6) is -0.342. The first kappa shape index (κ1) is 17.2. The second kappa shape index (κ2) is 6.55. The minimum Gasteiger partial charge on any atom is -0.384 e. The average Bonchev–Trinajstić information content (AvgIpc) is 2.87. The van der Waals surface area contributed by atoms with Crippen LogP contribution in [0.15, 0.2) is 22.7 Å². The Bertz CT molecular complexity index is 558. The van der Waals surface area contributed by atoms with Gasteiger partial charge in [-0.15, -0.1) is 0 Å². The second-order valence-corrected chi connectivity index (χ2v) is 6.24. The lowest BCUT2D eigenvalue weighted by atomic mass is 9.87. The molecular weight excluding hydrogens is 365 g/mol. The summed E-state index contributed by atoms with van der Waals surface area (Å²) in [4.78, 5) is 12.5. The molecule has 8 heteroatoms. The van der Waals surface area contributed by atoms with Crippen molar-refractivity contribution in [2.75, 3.05) is 32.1 Å². The Labute approximate surface area is 134 Å². The molecule has 2 N–H and O–H groups in total. The number of anilines is 1. The normalized spacial score (nSPS) is 21.9. The van der Waals surface area contributed by atoms with Crippen molar-refractivity contribution in [1.29, 1.82) is 0 Å². The second-order valence-electron chi connectivity index (χ2n) is 5.32. The Morgan fingerprint density at radius 3 is 2.73 bits per heavy atom. The molecule has 122 valence electrons. The number of carbonyl (C=O) groups is 1. The molecule has 0 spiro atoms. The number of methoxy groups -OCH3 is 1. The molecule has 1 amide bonds. The smallest absolute Gasteiger partial charge is 0.384 e. The molecule has 0 saturated carbocycles. The fourth-order valence-electron chi connectivity index (χ4n) is 2.49. The first-order valence-electron chi connectivity index (χ1n) is 6.66. The lowest BCUT2D eigenvalue weighted by Gasteiger charge is -2.26. The maximum atomic E-state index is 12.8. The molecule has 0 radical (unpaired) electrons. The largest absolute Gasteiger partial charge is 0.416 e. The average molecular weight is 381 g/mol. The van der Waals surface area contributed by atoms with E-state index >= 15 is 0 Å². The van der Waals surface area contributed by atoms with Gasteiger partial charge in [0.1, 0.15) is 0 Å². The van der Waals surface area contributed by atoms with Gasteiger partial charge in [-0.25, -0.2) is 0 Å². The molecule has 1 heterocycles. The monoisotopic (exact) mass is 380 g/mol. The summed E-state index contributed by atoms with van der Waals surface area (Å²) in [7, 11) is 1.49. The van der Waals surface area contributed by atoms with Crippen LogP contribution >= 0.6 is 15.9 Å². The van der Waals surface area contributed by atoms with Crippen LogP contribution in [0.5, 0.6) is 0 Å². The number of hydrogen-bond acceptors (Lipinski definition) is 3. The van der Waals surface area contributed by atoms with Crippen molar-refractivity contribution in [3.63, 3.8) is 0 Å². The van der Waals surface area contributed by atoms with Crippen molar-refractivity contribution in [3.8, 4) is 0 Å². The van der Waals surface area contributed by atoms with E-state index in [1.54, 1.807) is 0 Å². The molecule has 1 aromatic rings. The summed E-state index contributed by atoms with van der Waals surface area (Å²) < 4.78 is 43.8. The van der Waals surface area contributed by atoms with Gasteiger partial charge in [0.25, 0.3) is 0 Å². The molecule has 1 aliphatic rings. The maximum absolute atomic E-state index is 12.8. The number of ether oxygens (including phenoxy) is 1. The number of nitrogens with one attached hydrogen (secondary N) is 2. The van der Waals surface area contributed by atoms with Gasteiger partial charge < -0.3 is 15.4 Å². The Kier molecular flexibility index (Phi) is 5.14. The van der Waals surface area contributed by atoms with Gasteiger partial charge in [-0.1, -0.05) is 15.9 Å². The molecule has 1 aliphatic heterocycles. The molecule has 0 bridgehead atoms. The van der Waals surface area contributed by atoms with Gasteiger partial charge >= 0.3 is 6.18 Å².